The first kappa shape index (κ1) is 11.5. The number of terminal acetylenes is 1. The van der Waals surface area contributed by atoms with Crippen LogP contribution in [-0.2, 0) is 0 Å². The van der Waals surface area contributed by atoms with Gasteiger partial charge in [-0.3, -0.25) is 0 Å². The van der Waals surface area contributed by atoms with E-state index in [4.69, 9.17) is 6.42 Å². The second-order valence-electron chi connectivity index (χ2n) is 3.61. The van der Waals surface area contributed by atoms with Gasteiger partial charge in [0.05, 0.1) is 6.10 Å². The fourth-order valence-corrected chi connectivity index (χ4v) is 1.09. The molecule has 0 amide bonds. The van der Waals surface area contributed by atoms with E-state index in [1.165, 1.54) is 0 Å². The third-order valence-electron chi connectivity index (χ3n) is 2.09. The van der Waals surface area contributed by atoms with Gasteiger partial charge >= 0.3 is 0 Å². The van der Waals surface area contributed by atoms with Crippen molar-refractivity contribution in [1.82, 2.24) is 0 Å². The zero-order valence-electron chi connectivity index (χ0n) is 8.21. The Bertz CT molecular complexity index is 132. The molecule has 0 saturated heterocycles. The van der Waals surface area contributed by atoms with Crippen LogP contribution in [0.5, 0.6) is 0 Å². The van der Waals surface area contributed by atoms with Gasteiger partial charge in [-0.15, -0.1) is 12.3 Å². The Labute approximate surface area is 76.2 Å². The van der Waals surface area contributed by atoms with Crippen molar-refractivity contribution < 1.29 is 5.11 Å². The molecule has 0 rings (SSSR count). The molecular formula is C11H20O. The summed E-state index contributed by atoms with van der Waals surface area (Å²) in [5.74, 6) is 3.00. The first-order chi connectivity index (χ1) is 5.68. The van der Waals surface area contributed by atoms with E-state index in [9.17, 15) is 5.11 Å². The molecule has 0 radical (unpaired) electrons. The van der Waals surface area contributed by atoms with Gasteiger partial charge in [-0.1, -0.05) is 26.7 Å². The van der Waals surface area contributed by atoms with Crippen LogP contribution in [0.2, 0.25) is 0 Å². The van der Waals surface area contributed by atoms with E-state index < -0.39 is 0 Å². The maximum atomic E-state index is 9.44. The highest BCUT2D eigenvalue weighted by Gasteiger charge is 2.07. The Morgan fingerprint density at radius 3 is 2.42 bits per heavy atom. The van der Waals surface area contributed by atoms with E-state index in [0.717, 1.165) is 32.1 Å². The smallest absolute Gasteiger partial charge is 0.0563 e. The second kappa shape index (κ2) is 7.18. The molecule has 0 fully saturated rings. The molecule has 1 heteroatoms. The van der Waals surface area contributed by atoms with Crippen molar-refractivity contribution >= 4 is 0 Å². The fourth-order valence-electron chi connectivity index (χ4n) is 1.09. The SMILES string of the molecule is C#CCCCCCC(O)C(C)C. The maximum absolute atomic E-state index is 9.44. The molecule has 0 aromatic carbocycles. The molecule has 0 aliphatic carbocycles. The summed E-state index contributed by atoms with van der Waals surface area (Å²) in [7, 11) is 0. The van der Waals surface area contributed by atoms with Crippen LogP contribution in [0, 0.1) is 18.3 Å². The number of unbranched alkanes of at least 4 members (excludes halogenated alkanes) is 3. The lowest BCUT2D eigenvalue weighted by Gasteiger charge is -2.13. The third kappa shape index (κ3) is 6.24. The minimum absolute atomic E-state index is 0.129. The predicted octanol–water partition coefficient (Wildman–Crippen LogP) is 2.59. The van der Waals surface area contributed by atoms with Gasteiger partial charge in [0, 0.05) is 6.42 Å². The Kier molecular flexibility index (Phi) is 6.90. The summed E-state index contributed by atoms with van der Waals surface area (Å²) in [6, 6.07) is 0. The average Bonchev–Trinajstić information content (AvgIpc) is 2.03. The van der Waals surface area contributed by atoms with Crippen molar-refractivity contribution in [3.8, 4) is 12.3 Å². The lowest BCUT2D eigenvalue weighted by atomic mass is 10.0. The molecule has 0 aromatic heterocycles. The van der Waals surface area contributed by atoms with Crippen molar-refractivity contribution in [1.29, 1.82) is 0 Å². The normalized spacial score (nSPS) is 12.9. The van der Waals surface area contributed by atoms with Crippen LogP contribution >= 0.6 is 0 Å². The van der Waals surface area contributed by atoms with Crippen molar-refractivity contribution in [2.24, 2.45) is 5.92 Å². The number of aliphatic hydroxyl groups is 1. The van der Waals surface area contributed by atoms with Gasteiger partial charge in [-0.2, -0.15) is 0 Å². The highest BCUT2D eigenvalue weighted by atomic mass is 16.3. The van der Waals surface area contributed by atoms with Gasteiger partial charge in [0.25, 0.3) is 0 Å². The van der Waals surface area contributed by atoms with Crippen LogP contribution in [-0.4, -0.2) is 11.2 Å². The Morgan fingerprint density at radius 2 is 1.92 bits per heavy atom. The number of hydrogen-bond acceptors (Lipinski definition) is 1. The monoisotopic (exact) mass is 168 g/mol. The van der Waals surface area contributed by atoms with Crippen LogP contribution in [0.4, 0.5) is 0 Å². The number of aliphatic hydroxyl groups excluding tert-OH is 1. The summed E-state index contributed by atoms with van der Waals surface area (Å²) >= 11 is 0. The lowest BCUT2D eigenvalue weighted by Crippen LogP contribution is -2.13. The molecule has 1 N–H and O–H groups in total. The molecule has 12 heavy (non-hydrogen) atoms. The number of rotatable bonds is 6. The zero-order valence-corrected chi connectivity index (χ0v) is 8.21. The minimum Gasteiger partial charge on any atom is -0.393 e. The molecule has 70 valence electrons. The highest BCUT2D eigenvalue weighted by molar-refractivity contribution is 4.82. The summed E-state index contributed by atoms with van der Waals surface area (Å²) < 4.78 is 0. The lowest BCUT2D eigenvalue weighted by molar-refractivity contribution is 0.113. The van der Waals surface area contributed by atoms with Crippen LogP contribution in [0.25, 0.3) is 0 Å². The first-order valence-electron chi connectivity index (χ1n) is 4.80. The van der Waals surface area contributed by atoms with E-state index in [2.05, 4.69) is 5.92 Å². The number of hydrogen-bond donors (Lipinski definition) is 1. The largest absolute Gasteiger partial charge is 0.393 e. The quantitative estimate of drug-likeness (QED) is 0.477. The molecule has 0 bridgehead atoms. The summed E-state index contributed by atoms with van der Waals surface area (Å²) in [4.78, 5) is 0. The van der Waals surface area contributed by atoms with Gasteiger partial charge in [-0.25, -0.2) is 0 Å². The van der Waals surface area contributed by atoms with Crippen molar-refractivity contribution in [2.75, 3.05) is 0 Å². The fraction of sp³-hybridized carbons (Fsp3) is 0.818. The van der Waals surface area contributed by atoms with Gasteiger partial charge in [-0.05, 0) is 18.8 Å². The van der Waals surface area contributed by atoms with Crippen molar-refractivity contribution in [3.63, 3.8) is 0 Å². The Balaban J connectivity index is 3.15. The van der Waals surface area contributed by atoms with Gasteiger partial charge in [0.1, 0.15) is 0 Å². The molecule has 0 saturated carbocycles. The molecule has 0 aliphatic heterocycles. The summed E-state index contributed by atoms with van der Waals surface area (Å²) in [5, 5.41) is 9.44. The Hall–Kier alpha value is -0.480. The standard InChI is InChI=1S/C11H20O/c1-4-5-6-7-8-9-11(12)10(2)3/h1,10-12H,5-9H2,2-3H3. The summed E-state index contributed by atoms with van der Waals surface area (Å²) in [6.45, 7) is 4.10. The zero-order chi connectivity index (χ0) is 9.40. The topological polar surface area (TPSA) is 20.2 Å². The highest BCUT2D eigenvalue weighted by Crippen LogP contribution is 2.11. The molecule has 0 aliphatic rings. The molecule has 1 nitrogen and oxygen atoms in total. The molecule has 1 unspecified atom stereocenters. The van der Waals surface area contributed by atoms with Crippen LogP contribution in [0.15, 0.2) is 0 Å². The average molecular weight is 168 g/mol. The van der Waals surface area contributed by atoms with Gasteiger partial charge < -0.3 is 5.11 Å². The van der Waals surface area contributed by atoms with E-state index in [-0.39, 0.29) is 6.10 Å². The predicted molar refractivity (Wildman–Crippen MR) is 52.8 cm³/mol. The van der Waals surface area contributed by atoms with Gasteiger partial charge in [0.15, 0.2) is 0 Å². The van der Waals surface area contributed by atoms with E-state index in [1.807, 2.05) is 13.8 Å². The van der Waals surface area contributed by atoms with Crippen molar-refractivity contribution in [2.45, 2.75) is 52.1 Å². The van der Waals surface area contributed by atoms with Crippen LogP contribution in [0.3, 0.4) is 0 Å². The molecule has 1 atom stereocenters. The molecule has 0 aromatic rings. The third-order valence-corrected chi connectivity index (χ3v) is 2.09. The maximum Gasteiger partial charge on any atom is 0.0563 e. The van der Waals surface area contributed by atoms with E-state index in [0.29, 0.717) is 5.92 Å². The van der Waals surface area contributed by atoms with Crippen LogP contribution in [0.1, 0.15) is 46.0 Å². The molecule has 0 heterocycles. The molecule has 0 spiro atoms. The summed E-state index contributed by atoms with van der Waals surface area (Å²) in [5.41, 5.74) is 0. The van der Waals surface area contributed by atoms with Crippen LogP contribution < -0.4 is 0 Å². The van der Waals surface area contributed by atoms with E-state index in [1.54, 1.807) is 0 Å². The first-order valence-corrected chi connectivity index (χ1v) is 4.80. The second-order valence-corrected chi connectivity index (χ2v) is 3.61. The Morgan fingerprint density at radius 1 is 1.25 bits per heavy atom. The minimum atomic E-state index is -0.129. The van der Waals surface area contributed by atoms with Gasteiger partial charge in [0.2, 0.25) is 0 Å². The van der Waals surface area contributed by atoms with Crippen molar-refractivity contribution in [3.05, 3.63) is 0 Å². The van der Waals surface area contributed by atoms with E-state index >= 15 is 0 Å². The summed E-state index contributed by atoms with van der Waals surface area (Å²) in [6.07, 6.45) is 10.1. The molecular weight excluding hydrogens is 148 g/mol.